The monoisotopic (exact) mass is 389 g/mol. The molecule has 0 radical (unpaired) electrons. The van der Waals surface area contributed by atoms with Crippen molar-refractivity contribution in [1.29, 1.82) is 0 Å². The van der Waals surface area contributed by atoms with Crippen LogP contribution in [0.4, 0.5) is 0 Å². The Labute approximate surface area is 160 Å². The second kappa shape index (κ2) is 7.24. The van der Waals surface area contributed by atoms with Gasteiger partial charge in [-0.05, 0) is 49.1 Å². The van der Waals surface area contributed by atoms with Gasteiger partial charge in [0, 0.05) is 22.1 Å². The topological polar surface area (TPSA) is 55.4 Å². The maximum absolute atomic E-state index is 12.1. The minimum Gasteiger partial charge on any atom is -0.465 e. The van der Waals surface area contributed by atoms with E-state index in [2.05, 4.69) is 17.5 Å². The first-order valence-corrected chi connectivity index (χ1v) is 11.6. The number of esters is 1. The van der Waals surface area contributed by atoms with Crippen LogP contribution in [0.15, 0.2) is 41.3 Å². The molecule has 2 unspecified atom stereocenters. The van der Waals surface area contributed by atoms with Crippen LogP contribution in [0.2, 0.25) is 0 Å². The molecule has 2 atom stereocenters. The summed E-state index contributed by atoms with van der Waals surface area (Å²) in [6, 6.07) is 7.68. The molecule has 4 nitrogen and oxygen atoms in total. The standard InChI is InChI=1S/C20H23NO3S2/c1-24-19(23)16-4-2-3-5-17(16)25-26-15-8-10-20(26,11-9-15)12-13-21-18(22)14-6-7-14/h2-5,8,10,14H,6-7,9,11-13H2,1H3,(H,21,22). The third-order valence-corrected chi connectivity index (χ3v) is 10.7. The Morgan fingerprint density at radius 3 is 2.85 bits per heavy atom. The van der Waals surface area contributed by atoms with Gasteiger partial charge in [0.05, 0.1) is 12.7 Å². The van der Waals surface area contributed by atoms with E-state index in [4.69, 9.17) is 4.74 Å². The average molecular weight is 390 g/mol. The summed E-state index contributed by atoms with van der Waals surface area (Å²) in [4.78, 5) is 26.5. The molecular formula is C20H23NO3S2. The molecule has 0 spiro atoms. The molecule has 1 N–H and O–H groups in total. The fraction of sp³-hybridized carbons (Fsp3) is 0.450. The number of carbonyl (C=O) groups is 2. The summed E-state index contributed by atoms with van der Waals surface area (Å²) in [6.45, 7) is 0.732. The van der Waals surface area contributed by atoms with E-state index in [1.165, 1.54) is 12.0 Å². The number of methoxy groups -OCH3 is 1. The van der Waals surface area contributed by atoms with Crippen molar-refractivity contribution in [3.05, 3.63) is 42.0 Å². The Kier molecular flexibility index (Phi) is 4.97. The maximum atomic E-state index is 12.1. The van der Waals surface area contributed by atoms with Gasteiger partial charge in [0.1, 0.15) is 0 Å². The van der Waals surface area contributed by atoms with Crippen LogP contribution < -0.4 is 5.32 Å². The summed E-state index contributed by atoms with van der Waals surface area (Å²) in [6.07, 6.45) is 9.90. The molecule has 3 aliphatic rings. The highest BCUT2D eigenvalue weighted by Gasteiger charge is 2.42. The number of rotatable bonds is 7. The van der Waals surface area contributed by atoms with Crippen LogP contribution in [0.25, 0.3) is 0 Å². The molecule has 1 aromatic carbocycles. The number of allylic oxidation sites excluding steroid dienone is 1. The van der Waals surface area contributed by atoms with Gasteiger partial charge in [-0.1, -0.05) is 35.1 Å². The minimum absolute atomic E-state index is 0.00926. The molecule has 0 aromatic heterocycles. The van der Waals surface area contributed by atoms with Crippen molar-refractivity contribution in [3.8, 4) is 0 Å². The number of hydrogen-bond donors (Lipinski definition) is 1. The largest absolute Gasteiger partial charge is 0.465 e. The van der Waals surface area contributed by atoms with Crippen molar-refractivity contribution < 1.29 is 14.3 Å². The number of nitrogens with one attached hydrogen (secondary N) is 1. The van der Waals surface area contributed by atoms with Crippen LogP contribution in [0.3, 0.4) is 0 Å². The molecule has 1 aromatic rings. The first kappa shape index (κ1) is 17.9. The summed E-state index contributed by atoms with van der Waals surface area (Å²) in [5.41, 5.74) is 0.636. The lowest BCUT2D eigenvalue weighted by Gasteiger charge is -2.28. The lowest BCUT2D eigenvalue weighted by molar-refractivity contribution is -0.122. The van der Waals surface area contributed by atoms with Gasteiger partial charge in [-0.3, -0.25) is 4.79 Å². The third-order valence-electron chi connectivity index (χ3n) is 5.24. The molecule has 2 heterocycles. The predicted octanol–water partition coefficient (Wildman–Crippen LogP) is 3.94. The van der Waals surface area contributed by atoms with E-state index in [-0.39, 0.29) is 32.1 Å². The SMILES string of the molecule is COC(=O)c1ccccc1SS1=C2C=CC1(CCNC(=O)C1CC1)CC2. The van der Waals surface area contributed by atoms with Gasteiger partial charge in [-0.25, -0.2) is 4.79 Å². The maximum Gasteiger partial charge on any atom is 0.339 e. The second-order valence-electron chi connectivity index (χ2n) is 7.02. The van der Waals surface area contributed by atoms with Gasteiger partial charge >= 0.3 is 5.97 Å². The van der Waals surface area contributed by atoms with Crippen LogP contribution >= 0.6 is 20.3 Å². The van der Waals surface area contributed by atoms with Gasteiger partial charge < -0.3 is 10.1 Å². The van der Waals surface area contributed by atoms with Crippen LogP contribution in [-0.2, 0) is 9.53 Å². The lowest BCUT2D eigenvalue weighted by Crippen LogP contribution is -2.31. The Bertz CT molecular complexity index is 813. The molecule has 1 fully saturated rings. The fourth-order valence-corrected chi connectivity index (χ4v) is 9.02. The van der Waals surface area contributed by atoms with Crippen LogP contribution in [0, 0.1) is 5.92 Å². The fourth-order valence-electron chi connectivity index (χ4n) is 3.55. The molecule has 6 heteroatoms. The first-order chi connectivity index (χ1) is 12.6. The van der Waals surface area contributed by atoms with Crippen LogP contribution in [0.5, 0.6) is 0 Å². The number of amides is 1. The van der Waals surface area contributed by atoms with Crippen molar-refractivity contribution in [2.24, 2.45) is 5.92 Å². The van der Waals surface area contributed by atoms with Gasteiger partial charge in [0.25, 0.3) is 0 Å². The highest BCUT2D eigenvalue weighted by Crippen LogP contribution is 2.60. The van der Waals surface area contributed by atoms with E-state index in [0.717, 1.165) is 43.5 Å². The molecule has 1 aliphatic carbocycles. The summed E-state index contributed by atoms with van der Waals surface area (Å²) in [5.74, 6) is 0.193. The highest BCUT2D eigenvalue weighted by atomic mass is 33.1. The number of carbonyl (C=O) groups excluding carboxylic acids is 2. The van der Waals surface area contributed by atoms with Crippen molar-refractivity contribution in [3.63, 3.8) is 0 Å². The summed E-state index contributed by atoms with van der Waals surface area (Å²) < 4.78 is 5.05. The van der Waals surface area contributed by atoms with E-state index in [1.54, 1.807) is 10.8 Å². The van der Waals surface area contributed by atoms with Crippen LogP contribution in [-0.4, -0.2) is 35.1 Å². The quantitative estimate of drug-likeness (QED) is 0.436. The number of benzene rings is 1. The number of ether oxygens (including phenoxy) is 1. The van der Waals surface area contributed by atoms with E-state index < -0.39 is 0 Å². The summed E-state index contributed by atoms with van der Waals surface area (Å²) in [5, 5.41) is 3.11. The summed E-state index contributed by atoms with van der Waals surface area (Å²) >= 11 is 0. The van der Waals surface area contributed by atoms with Gasteiger partial charge in [-0.15, -0.1) is 9.52 Å². The van der Waals surface area contributed by atoms with Gasteiger partial charge in [0.15, 0.2) is 0 Å². The molecule has 26 heavy (non-hydrogen) atoms. The molecule has 1 saturated carbocycles. The number of hydrogen-bond acceptors (Lipinski definition) is 4. The highest BCUT2D eigenvalue weighted by molar-refractivity contribution is 8.84. The van der Waals surface area contributed by atoms with Crippen molar-refractivity contribution in [1.82, 2.24) is 5.32 Å². The molecule has 138 valence electrons. The zero-order chi connectivity index (χ0) is 18.1. The van der Waals surface area contributed by atoms with Crippen LogP contribution in [0.1, 0.15) is 42.5 Å². The molecule has 0 saturated heterocycles. The lowest BCUT2D eigenvalue weighted by atomic mass is 9.93. The predicted molar refractivity (Wildman–Crippen MR) is 108 cm³/mol. The van der Waals surface area contributed by atoms with E-state index >= 15 is 0 Å². The molecular weight excluding hydrogens is 366 g/mol. The van der Waals surface area contributed by atoms with E-state index in [9.17, 15) is 9.59 Å². The number of fused-ring (bicyclic) bond motifs is 1. The molecule has 2 aliphatic heterocycles. The third kappa shape index (κ3) is 3.37. The van der Waals surface area contributed by atoms with Gasteiger partial charge in [-0.2, -0.15) is 0 Å². The normalized spacial score (nSPS) is 26.2. The van der Waals surface area contributed by atoms with E-state index in [0.29, 0.717) is 5.56 Å². The summed E-state index contributed by atoms with van der Waals surface area (Å²) in [7, 11) is 3.22. The minimum atomic E-state index is -0.285. The zero-order valence-electron chi connectivity index (χ0n) is 14.8. The van der Waals surface area contributed by atoms with Crippen molar-refractivity contribution in [2.75, 3.05) is 13.7 Å². The van der Waals surface area contributed by atoms with Gasteiger partial charge in [0.2, 0.25) is 5.91 Å². The molecule has 2 bridgehead atoms. The smallest absolute Gasteiger partial charge is 0.339 e. The Hall–Kier alpha value is -1.53. The zero-order valence-corrected chi connectivity index (χ0v) is 16.5. The van der Waals surface area contributed by atoms with E-state index in [1.807, 2.05) is 24.3 Å². The Balaban J connectivity index is 1.48. The second-order valence-corrected chi connectivity index (χ2v) is 11.0. The van der Waals surface area contributed by atoms with Crippen molar-refractivity contribution in [2.45, 2.75) is 41.7 Å². The molecule has 4 rings (SSSR count). The molecule has 1 amide bonds. The Morgan fingerprint density at radius 2 is 2.15 bits per heavy atom. The first-order valence-electron chi connectivity index (χ1n) is 9.06. The van der Waals surface area contributed by atoms with Crippen molar-refractivity contribution >= 4 is 37.1 Å². The Morgan fingerprint density at radius 1 is 1.35 bits per heavy atom. The average Bonchev–Trinajstić information content (AvgIpc) is 3.42.